The minimum absolute atomic E-state index is 0.0445. The Kier molecular flexibility index (Phi) is 4.70. The molecule has 1 heterocycles. The lowest BCUT2D eigenvalue weighted by Crippen LogP contribution is -2.09. The summed E-state index contributed by atoms with van der Waals surface area (Å²) in [6.45, 7) is 7.28. The van der Waals surface area contributed by atoms with Crippen molar-refractivity contribution in [2.24, 2.45) is 5.92 Å². The van der Waals surface area contributed by atoms with Gasteiger partial charge in [0.2, 0.25) is 0 Å². The first-order valence-electron chi connectivity index (χ1n) is 6.83. The zero-order valence-corrected chi connectivity index (χ0v) is 12.9. The molecule has 108 valence electrons. The van der Waals surface area contributed by atoms with E-state index in [-0.39, 0.29) is 5.75 Å². The van der Waals surface area contributed by atoms with Crippen LogP contribution in [-0.4, -0.2) is 26.4 Å². The summed E-state index contributed by atoms with van der Waals surface area (Å²) in [6, 6.07) is 6.12. The first-order valence-corrected chi connectivity index (χ1v) is 7.82. The predicted molar refractivity (Wildman–Crippen MR) is 82.3 cm³/mol. The Bertz CT molecular complexity index is 622. The molecule has 2 aromatic rings. The normalized spacial score (nSPS) is 12.8. The predicted octanol–water partition coefficient (Wildman–Crippen LogP) is 3.57. The van der Waals surface area contributed by atoms with Crippen molar-refractivity contribution < 1.29 is 9.90 Å². The molecule has 4 nitrogen and oxygen atoms in total. The third kappa shape index (κ3) is 3.15. The van der Waals surface area contributed by atoms with Crippen LogP contribution in [0.5, 0.6) is 0 Å². The Morgan fingerprint density at radius 2 is 2.25 bits per heavy atom. The minimum atomic E-state index is -0.811. The summed E-state index contributed by atoms with van der Waals surface area (Å²) in [5.74, 6) is -0.228. The first kappa shape index (κ1) is 14.9. The number of nitrogens with zero attached hydrogens (tertiary/aromatic N) is 2. The third-order valence-corrected chi connectivity index (χ3v) is 4.42. The molecule has 0 amide bonds. The van der Waals surface area contributed by atoms with E-state index < -0.39 is 5.97 Å². The monoisotopic (exact) mass is 292 g/mol. The summed E-state index contributed by atoms with van der Waals surface area (Å²) in [5, 5.41) is 9.67. The number of aryl methyl sites for hydroxylation is 1. The van der Waals surface area contributed by atoms with Crippen LogP contribution >= 0.6 is 11.8 Å². The highest BCUT2D eigenvalue weighted by molar-refractivity contribution is 7.99. The molecule has 1 atom stereocenters. The first-order chi connectivity index (χ1) is 9.52. The molecule has 0 aliphatic rings. The summed E-state index contributed by atoms with van der Waals surface area (Å²) >= 11 is 1.29. The van der Waals surface area contributed by atoms with Gasteiger partial charge in [-0.2, -0.15) is 0 Å². The van der Waals surface area contributed by atoms with E-state index in [0.717, 1.165) is 34.7 Å². The van der Waals surface area contributed by atoms with E-state index in [9.17, 15) is 4.79 Å². The molecule has 1 N–H and O–H groups in total. The maximum Gasteiger partial charge on any atom is 0.313 e. The number of hydrogen-bond donors (Lipinski definition) is 1. The summed E-state index contributed by atoms with van der Waals surface area (Å²) < 4.78 is 2.16. The lowest BCUT2D eigenvalue weighted by Gasteiger charge is -2.13. The average molecular weight is 292 g/mol. The maximum atomic E-state index is 10.8. The van der Waals surface area contributed by atoms with Gasteiger partial charge in [0.25, 0.3) is 0 Å². The number of imidazole rings is 1. The molecule has 0 radical (unpaired) electrons. The van der Waals surface area contributed by atoms with E-state index in [1.54, 1.807) is 0 Å². The highest BCUT2D eigenvalue weighted by Gasteiger charge is 2.15. The van der Waals surface area contributed by atoms with Crippen molar-refractivity contribution >= 4 is 28.8 Å². The van der Waals surface area contributed by atoms with Crippen molar-refractivity contribution in [3.05, 3.63) is 23.8 Å². The number of aliphatic carboxylic acids is 1. The number of carboxylic acid groups (broad SMARTS) is 1. The maximum absolute atomic E-state index is 10.8. The summed E-state index contributed by atoms with van der Waals surface area (Å²) in [4.78, 5) is 15.4. The number of fused-ring (bicyclic) bond motifs is 1. The molecule has 20 heavy (non-hydrogen) atoms. The second-order valence-electron chi connectivity index (χ2n) is 5.14. The Hall–Kier alpha value is -1.49. The van der Waals surface area contributed by atoms with Crippen LogP contribution in [0.4, 0.5) is 0 Å². The fourth-order valence-corrected chi connectivity index (χ4v) is 2.86. The lowest BCUT2D eigenvalue weighted by molar-refractivity contribution is -0.133. The quantitative estimate of drug-likeness (QED) is 0.827. The van der Waals surface area contributed by atoms with Crippen LogP contribution in [0.1, 0.15) is 25.8 Å². The van der Waals surface area contributed by atoms with Crippen LogP contribution in [0.3, 0.4) is 0 Å². The zero-order chi connectivity index (χ0) is 14.7. The Balaban J connectivity index is 2.45. The van der Waals surface area contributed by atoms with Crippen LogP contribution in [0.25, 0.3) is 11.0 Å². The average Bonchev–Trinajstić information content (AvgIpc) is 2.76. The van der Waals surface area contributed by atoms with Crippen LogP contribution in [-0.2, 0) is 11.3 Å². The number of benzene rings is 1. The molecular formula is C15H20N2O2S. The smallest absolute Gasteiger partial charge is 0.313 e. The second kappa shape index (κ2) is 6.31. The Labute approximate surface area is 123 Å². The van der Waals surface area contributed by atoms with Gasteiger partial charge in [-0.25, -0.2) is 4.98 Å². The molecule has 2 rings (SSSR count). The van der Waals surface area contributed by atoms with Gasteiger partial charge >= 0.3 is 5.97 Å². The van der Waals surface area contributed by atoms with Gasteiger partial charge in [-0.05, 0) is 24.5 Å². The highest BCUT2D eigenvalue weighted by Crippen LogP contribution is 2.27. The van der Waals surface area contributed by atoms with Crippen LogP contribution < -0.4 is 0 Å². The topological polar surface area (TPSA) is 55.1 Å². The van der Waals surface area contributed by atoms with E-state index in [0.29, 0.717) is 5.92 Å². The van der Waals surface area contributed by atoms with E-state index >= 15 is 0 Å². The van der Waals surface area contributed by atoms with Crippen molar-refractivity contribution in [1.29, 1.82) is 0 Å². The number of para-hydroxylation sites is 1. The standard InChI is InChI=1S/C15H20N2O2S/c1-4-10(2)8-17-12-7-5-6-11(3)14(12)16-15(17)20-9-13(18)19/h5-7,10H,4,8-9H2,1-3H3,(H,18,19). The number of carbonyl (C=O) groups is 1. The molecule has 1 unspecified atom stereocenters. The highest BCUT2D eigenvalue weighted by atomic mass is 32.2. The fraction of sp³-hybridized carbons (Fsp3) is 0.467. The zero-order valence-electron chi connectivity index (χ0n) is 12.1. The molecule has 0 aliphatic carbocycles. The van der Waals surface area contributed by atoms with Gasteiger partial charge < -0.3 is 9.67 Å². The van der Waals surface area contributed by atoms with Crippen molar-refractivity contribution in [2.45, 2.75) is 38.9 Å². The number of carboxylic acids is 1. The van der Waals surface area contributed by atoms with Crippen LogP contribution in [0.2, 0.25) is 0 Å². The molecule has 0 aliphatic heterocycles. The van der Waals surface area contributed by atoms with Crippen molar-refractivity contribution in [3.63, 3.8) is 0 Å². The molecule has 1 aromatic heterocycles. The number of hydrogen-bond acceptors (Lipinski definition) is 3. The van der Waals surface area contributed by atoms with Crippen molar-refractivity contribution in [2.75, 3.05) is 5.75 Å². The Morgan fingerprint density at radius 3 is 2.90 bits per heavy atom. The third-order valence-electron chi connectivity index (χ3n) is 3.46. The van der Waals surface area contributed by atoms with Gasteiger partial charge in [0.15, 0.2) is 5.16 Å². The van der Waals surface area contributed by atoms with E-state index in [2.05, 4.69) is 29.5 Å². The largest absolute Gasteiger partial charge is 0.481 e. The lowest BCUT2D eigenvalue weighted by atomic mass is 10.1. The van der Waals surface area contributed by atoms with Gasteiger partial charge in [-0.3, -0.25) is 4.79 Å². The Morgan fingerprint density at radius 1 is 1.50 bits per heavy atom. The SMILES string of the molecule is CCC(C)Cn1c(SCC(=O)O)nc2c(C)cccc21. The molecular weight excluding hydrogens is 272 g/mol. The van der Waals surface area contributed by atoms with Crippen LogP contribution in [0.15, 0.2) is 23.4 Å². The van der Waals surface area contributed by atoms with E-state index in [4.69, 9.17) is 5.11 Å². The van der Waals surface area contributed by atoms with Gasteiger partial charge in [-0.1, -0.05) is 44.2 Å². The molecule has 0 fully saturated rings. The van der Waals surface area contributed by atoms with E-state index in [1.807, 2.05) is 19.1 Å². The minimum Gasteiger partial charge on any atom is -0.481 e. The number of thioether (sulfide) groups is 1. The summed E-state index contributed by atoms with van der Waals surface area (Å²) in [7, 11) is 0. The van der Waals surface area contributed by atoms with Gasteiger partial charge in [0.05, 0.1) is 16.8 Å². The van der Waals surface area contributed by atoms with Crippen LogP contribution in [0, 0.1) is 12.8 Å². The summed E-state index contributed by atoms with van der Waals surface area (Å²) in [6.07, 6.45) is 1.09. The molecule has 0 saturated carbocycles. The molecule has 1 aromatic carbocycles. The van der Waals surface area contributed by atoms with Gasteiger partial charge in [-0.15, -0.1) is 0 Å². The molecule has 5 heteroatoms. The van der Waals surface area contributed by atoms with Gasteiger partial charge in [0, 0.05) is 6.54 Å². The summed E-state index contributed by atoms with van der Waals surface area (Å²) in [5.41, 5.74) is 3.20. The second-order valence-corrected chi connectivity index (χ2v) is 6.09. The fourth-order valence-electron chi connectivity index (χ4n) is 2.12. The molecule has 0 bridgehead atoms. The van der Waals surface area contributed by atoms with Crippen molar-refractivity contribution in [3.8, 4) is 0 Å². The molecule has 0 saturated heterocycles. The van der Waals surface area contributed by atoms with Gasteiger partial charge in [0.1, 0.15) is 0 Å². The number of rotatable bonds is 6. The van der Waals surface area contributed by atoms with Crippen molar-refractivity contribution in [1.82, 2.24) is 9.55 Å². The van der Waals surface area contributed by atoms with E-state index in [1.165, 1.54) is 11.8 Å². The number of aromatic nitrogens is 2. The molecule has 0 spiro atoms.